The number of nitrogens with zero attached hydrogens (tertiary/aromatic N) is 3. The third-order valence-corrected chi connectivity index (χ3v) is 6.31. The zero-order chi connectivity index (χ0) is 20.3. The molecule has 1 N–H and O–H groups in total. The van der Waals surface area contributed by atoms with Crippen LogP contribution < -0.4 is 5.32 Å². The number of fused-ring (bicyclic) bond motifs is 1. The molecule has 30 heavy (non-hydrogen) atoms. The molecular weight excluding hydrogens is 396 g/mol. The van der Waals surface area contributed by atoms with Crippen molar-refractivity contribution in [3.8, 4) is 5.69 Å². The second-order valence-corrected chi connectivity index (χ2v) is 8.36. The Balaban J connectivity index is 1.36. The molecule has 1 aromatic carbocycles. The zero-order valence-corrected chi connectivity index (χ0v) is 17.3. The number of nitrogens with one attached hydrogen (secondary N) is 1. The van der Waals surface area contributed by atoms with Crippen LogP contribution in [0.2, 0.25) is 0 Å². The van der Waals surface area contributed by atoms with E-state index >= 15 is 0 Å². The summed E-state index contributed by atoms with van der Waals surface area (Å²) in [4.78, 5) is 17.3. The second-order valence-electron chi connectivity index (χ2n) is 7.44. The highest BCUT2D eigenvalue weighted by Crippen LogP contribution is 2.27. The lowest BCUT2D eigenvalue weighted by Gasteiger charge is -2.12. The van der Waals surface area contributed by atoms with E-state index in [9.17, 15) is 4.79 Å². The molecule has 152 valence electrons. The van der Waals surface area contributed by atoms with Crippen LogP contribution in [0, 0.1) is 0 Å². The minimum absolute atomic E-state index is 0.117. The molecule has 4 heterocycles. The van der Waals surface area contributed by atoms with Crippen LogP contribution >= 0.6 is 11.3 Å². The number of thiophene rings is 1. The maximum Gasteiger partial charge on any atom is 0.270 e. The third-order valence-electron chi connectivity index (χ3n) is 5.33. The fourth-order valence-corrected chi connectivity index (χ4v) is 4.63. The molecule has 0 bridgehead atoms. The summed E-state index contributed by atoms with van der Waals surface area (Å²) in [5.74, 6) is -0.145. The van der Waals surface area contributed by atoms with Crippen molar-refractivity contribution in [3.63, 3.8) is 0 Å². The minimum Gasteiger partial charge on any atom is -0.376 e. The molecule has 0 unspecified atom stereocenters. The first-order chi connectivity index (χ1) is 14.8. The predicted octanol–water partition coefficient (Wildman–Crippen LogP) is 3.98. The Hall–Kier alpha value is -3.03. The van der Waals surface area contributed by atoms with Crippen molar-refractivity contribution in [1.82, 2.24) is 20.1 Å². The summed E-state index contributed by atoms with van der Waals surface area (Å²) < 4.78 is 8.56. The van der Waals surface area contributed by atoms with Crippen molar-refractivity contribution in [1.29, 1.82) is 0 Å². The molecule has 6 nitrogen and oxygen atoms in total. The number of aromatic nitrogens is 3. The monoisotopic (exact) mass is 418 g/mol. The standard InChI is InChI=1S/C23H22N4O2S/c28-23(24-15-19-3-1-11-29-19)21-14-17(22-20(26-21)8-12-30-22)13-16-4-6-18(7-5-16)27-10-2-9-25-27/h2,4-10,12,14,19H,1,3,11,13,15H2,(H,24,28)/t19-/m1/s1. The Morgan fingerprint density at radius 3 is 2.93 bits per heavy atom. The Morgan fingerprint density at radius 1 is 1.27 bits per heavy atom. The average molecular weight is 419 g/mol. The number of carbonyl (C=O) groups is 1. The first-order valence-corrected chi connectivity index (χ1v) is 11.0. The van der Waals surface area contributed by atoms with Crippen LogP contribution in [-0.2, 0) is 11.2 Å². The maximum absolute atomic E-state index is 12.7. The van der Waals surface area contributed by atoms with Crippen LogP contribution in [0.5, 0.6) is 0 Å². The Labute approximate surface area is 178 Å². The fourth-order valence-electron chi connectivity index (χ4n) is 3.78. The van der Waals surface area contributed by atoms with Gasteiger partial charge in [-0.3, -0.25) is 4.79 Å². The van der Waals surface area contributed by atoms with Gasteiger partial charge >= 0.3 is 0 Å². The Bertz CT molecular complexity index is 1150. The van der Waals surface area contributed by atoms with Crippen molar-refractivity contribution < 1.29 is 9.53 Å². The molecule has 0 aliphatic carbocycles. The van der Waals surface area contributed by atoms with Gasteiger partial charge in [-0.15, -0.1) is 11.3 Å². The van der Waals surface area contributed by atoms with Crippen LogP contribution in [0.15, 0.2) is 60.2 Å². The highest BCUT2D eigenvalue weighted by molar-refractivity contribution is 7.17. The molecule has 3 aromatic heterocycles. The molecule has 0 saturated carbocycles. The summed E-state index contributed by atoms with van der Waals surface area (Å²) >= 11 is 1.66. The smallest absolute Gasteiger partial charge is 0.270 e. The fraction of sp³-hybridized carbons (Fsp3) is 0.261. The van der Waals surface area contributed by atoms with Gasteiger partial charge in [0.15, 0.2) is 0 Å². The number of amides is 1. The normalized spacial score (nSPS) is 16.2. The van der Waals surface area contributed by atoms with Gasteiger partial charge in [-0.2, -0.15) is 5.10 Å². The van der Waals surface area contributed by atoms with Gasteiger partial charge in [0.25, 0.3) is 5.91 Å². The van der Waals surface area contributed by atoms with Gasteiger partial charge in [0.2, 0.25) is 0 Å². The highest BCUT2D eigenvalue weighted by Gasteiger charge is 2.18. The topological polar surface area (TPSA) is 69.0 Å². The van der Waals surface area contributed by atoms with Gasteiger partial charge in [0, 0.05) is 25.5 Å². The van der Waals surface area contributed by atoms with E-state index in [0.29, 0.717) is 12.2 Å². The van der Waals surface area contributed by atoms with E-state index in [1.54, 1.807) is 17.5 Å². The van der Waals surface area contributed by atoms with Crippen molar-refractivity contribution in [2.45, 2.75) is 25.4 Å². The number of carbonyl (C=O) groups excluding carboxylic acids is 1. The van der Waals surface area contributed by atoms with Gasteiger partial charge in [-0.05, 0) is 66.1 Å². The van der Waals surface area contributed by atoms with Gasteiger partial charge < -0.3 is 10.1 Å². The average Bonchev–Trinajstić information content (AvgIpc) is 3.55. The Morgan fingerprint density at radius 2 is 2.17 bits per heavy atom. The van der Waals surface area contributed by atoms with Gasteiger partial charge in [0.05, 0.1) is 22.0 Å². The van der Waals surface area contributed by atoms with Crippen LogP contribution in [0.4, 0.5) is 0 Å². The van der Waals surface area contributed by atoms with Crippen molar-refractivity contribution in [3.05, 3.63) is 77.1 Å². The van der Waals surface area contributed by atoms with Crippen molar-refractivity contribution >= 4 is 27.5 Å². The summed E-state index contributed by atoms with van der Waals surface area (Å²) in [5.41, 5.74) is 4.64. The summed E-state index contributed by atoms with van der Waals surface area (Å²) in [5, 5.41) is 9.27. The molecule has 1 fully saturated rings. The summed E-state index contributed by atoms with van der Waals surface area (Å²) in [6.07, 6.45) is 6.61. The van der Waals surface area contributed by atoms with Gasteiger partial charge in [-0.1, -0.05) is 12.1 Å². The molecule has 5 rings (SSSR count). The van der Waals surface area contributed by atoms with Crippen LogP contribution in [0.25, 0.3) is 15.9 Å². The molecule has 1 atom stereocenters. The lowest BCUT2D eigenvalue weighted by atomic mass is 10.0. The van der Waals surface area contributed by atoms with Crippen molar-refractivity contribution in [2.24, 2.45) is 0 Å². The maximum atomic E-state index is 12.7. The number of rotatable bonds is 6. The van der Waals surface area contributed by atoms with Crippen LogP contribution in [-0.4, -0.2) is 39.9 Å². The van der Waals surface area contributed by atoms with E-state index < -0.39 is 0 Å². The van der Waals surface area contributed by atoms with E-state index in [1.165, 1.54) is 5.56 Å². The summed E-state index contributed by atoms with van der Waals surface area (Å²) in [7, 11) is 0. The van der Waals surface area contributed by atoms with Gasteiger partial charge in [-0.25, -0.2) is 9.67 Å². The van der Waals surface area contributed by atoms with Crippen molar-refractivity contribution in [2.75, 3.05) is 13.2 Å². The Kier molecular flexibility index (Phi) is 5.29. The predicted molar refractivity (Wildman–Crippen MR) is 117 cm³/mol. The van der Waals surface area contributed by atoms with E-state index in [-0.39, 0.29) is 12.0 Å². The first kappa shape index (κ1) is 19.0. The summed E-state index contributed by atoms with van der Waals surface area (Å²) in [6, 6.07) is 14.1. The SMILES string of the molecule is O=C(NC[C@H]1CCCO1)c1cc(Cc2ccc(-n3cccn3)cc2)c2sccc2n1. The molecule has 1 aliphatic heterocycles. The lowest BCUT2D eigenvalue weighted by Crippen LogP contribution is -2.32. The number of hydrogen-bond donors (Lipinski definition) is 1. The van der Waals surface area contributed by atoms with E-state index in [4.69, 9.17) is 4.74 Å². The van der Waals surface area contributed by atoms with E-state index in [0.717, 1.165) is 47.3 Å². The number of ether oxygens (including phenoxy) is 1. The number of hydrogen-bond acceptors (Lipinski definition) is 5. The molecule has 4 aromatic rings. The zero-order valence-electron chi connectivity index (χ0n) is 16.5. The largest absolute Gasteiger partial charge is 0.376 e. The minimum atomic E-state index is -0.145. The molecule has 1 amide bonds. The third kappa shape index (κ3) is 3.99. The molecule has 1 aliphatic rings. The molecule has 7 heteroatoms. The van der Waals surface area contributed by atoms with E-state index in [2.05, 4.69) is 39.7 Å². The number of pyridine rings is 1. The quantitative estimate of drug-likeness (QED) is 0.514. The van der Waals surface area contributed by atoms with E-state index in [1.807, 2.05) is 34.5 Å². The van der Waals surface area contributed by atoms with Crippen LogP contribution in [0.1, 0.15) is 34.5 Å². The van der Waals surface area contributed by atoms with Gasteiger partial charge in [0.1, 0.15) is 5.69 Å². The lowest BCUT2D eigenvalue weighted by molar-refractivity contribution is 0.0854. The highest BCUT2D eigenvalue weighted by atomic mass is 32.1. The second kappa shape index (κ2) is 8.38. The molecule has 0 radical (unpaired) electrons. The first-order valence-electron chi connectivity index (χ1n) is 10.1. The van der Waals surface area contributed by atoms with Crippen LogP contribution in [0.3, 0.4) is 0 Å². The number of benzene rings is 1. The molecule has 1 saturated heterocycles. The molecular formula is C23H22N4O2S. The molecule has 0 spiro atoms. The summed E-state index contributed by atoms with van der Waals surface area (Å²) in [6.45, 7) is 1.31.